The SMILES string of the molecule is N#Cc1cccc(F)c1-c1ccc(C(=O)NCc2cccnc2)c(NCCc2cccc(F)c2)n1. The largest absolute Gasteiger partial charge is 0.369 e. The molecule has 2 N–H and O–H groups in total. The minimum atomic E-state index is -0.587. The van der Waals surface area contributed by atoms with Crippen molar-refractivity contribution < 1.29 is 13.6 Å². The number of benzene rings is 2. The number of nitrogens with zero attached hydrogens (tertiary/aromatic N) is 3. The average Bonchev–Trinajstić information content (AvgIpc) is 2.87. The standard InChI is InChI=1S/C27H21F2N5O/c28-21-7-1-4-18(14-21)11-13-32-26-22(27(35)33-17-19-5-3-12-31-16-19)9-10-24(34-26)25-20(15-30)6-2-8-23(25)29/h1-10,12,14,16H,11,13,17H2,(H,32,34)(H,33,35). The molecule has 0 aliphatic heterocycles. The maximum Gasteiger partial charge on any atom is 0.255 e. The molecule has 0 radical (unpaired) electrons. The predicted molar refractivity (Wildman–Crippen MR) is 128 cm³/mol. The summed E-state index contributed by atoms with van der Waals surface area (Å²) in [6, 6.07) is 19.1. The summed E-state index contributed by atoms with van der Waals surface area (Å²) in [5.41, 5.74) is 2.28. The molecule has 2 aromatic heterocycles. The Morgan fingerprint density at radius 3 is 2.60 bits per heavy atom. The monoisotopic (exact) mass is 469 g/mol. The second-order valence-corrected chi connectivity index (χ2v) is 7.72. The first kappa shape index (κ1) is 23.5. The van der Waals surface area contributed by atoms with Crippen molar-refractivity contribution in [3.8, 4) is 17.3 Å². The molecule has 0 saturated heterocycles. The molecule has 0 spiro atoms. The second-order valence-electron chi connectivity index (χ2n) is 7.72. The van der Waals surface area contributed by atoms with Crippen molar-refractivity contribution in [2.45, 2.75) is 13.0 Å². The average molecular weight is 469 g/mol. The lowest BCUT2D eigenvalue weighted by atomic mass is 10.0. The summed E-state index contributed by atoms with van der Waals surface area (Å²) < 4.78 is 28.1. The maximum absolute atomic E-state index is 14.6. The Morgan fingerprint density at radius 1 is 1.00 bits per heavy atom. The molecule has 1 amide bonds. The lowest BCUT2D eigenvalue weighted by Gasteiger charge is -2.14. The Balaban J connectivity index is 1.62. The number of pyridine rings is 2. The number of rotatable bonds is 8. The normalized spacial score (nSPS) is 10.4. The van der Waals surface area contributed by atoms with E-state index in [1.54, 1.807) is 36.7 Å². The van der Waals surface area contributed by atoms with Gasteiger partial charge in [0.25, 0.3) is 5.91 Å². The number of nitrogens with one attached hydrogen (secondary N) is 2. The van der Waals surface area contributed by atoms with E-state index in [0.717, 1.165) is 11.1 Å². The van der Waals surface area contributed by atoms with Crippen LogP contribution in [0.1, 0.15) is 27.0 Å². The van der Waals surface area contributed by atoms with E-state index in [-0.39, 0.29) is 46.5 Å². The molecule has 0 aliphatic carbocycles. The Labute approximate surface area is 201 Å². The highest BCUT2D eigenvalue weighted by atomic mass is 19.1. The second kappa shape index (κ2) is 11.0. The van der Waals surface area contributed by atoms with Gasteiger partial charge in [-0.2, -0.15) is 5.26 Å². The highest BCUT2D eigenvalue weighted by molar-refractivity contribution is 5.99. The summed E-state index contributed by atoms with van der Waals surface area (Å²) in [7, 11) is 0. The van der Waals surface area contributed by atoms with Gasteiger partial charge in [0.1, 0.15) is 17.5 Å². The fourth-order valence-corrected chi connectivity index (χ4v) is 3.59. The van der Waals surface area contributed by atoms with E-state index in [9.17, 15) is 18.8 Å². The van der Waals surface area contributed by atoms with Crippen molar-refractivity contribution in [2.75, 3.05) is 11.9 Å². The summed E-state index contributed by atoms with van der Waals surface area (Å²) in [6.45, 7) is 0.619. The molecule has 0 aliphatic rings. The van der Waals surface area contributed by atoms with E-state index < -0.39 is 5.82 Å². The first-order valence-corrected chi connectivity index (χ1v) is 10.9. The van der Waals surface area contributed by atoms with Gasteiger partial charge in [-0.3, -0.25) is 9.78 Å². The lowest BCUT2D eigenvalue weighted by molar-refractivity contribution is 0.0951. The number of nitriles is 1. The Kier molecular flexibility index (Phi) is 7.38. The zero-order valence-corrected chi connectivity index (χ0v) is 18.6. The first-order valence-electron chi connectivity index (χ1n) is 10.9. The number of hydrogen-bond donors (Lipinski definition) is 2. The van der Waals surface area contributed by atoms with Gasteiger partial charge in [-0.15, -0.1) is 0 Å². The third-order valence-electron chi connectivity index (χ3n) is 5.30. The molecule has 0 bridgehead atoms. The van der Waals surface area contributed by atoms with Crippen LogP contribution in [-0.2, 0) is 13.0 Å². The molecule has 8 heteroatoms. The molecule has 6 nitrogen and oxygen atoms in total. The van der Waals surface area contributed by atoms with Gasteiger partial charge in [-0.05, 0) is 60.0 Å². The van der Waals surface area contributed by atoms with Crippen LogP contribution in [0.2, 0.25) is 0 Å². The zero-order valence-electron chi connectivity index (χ0n) is 18.6. The van der Waals surface area contributed by atoms with E-state index in [2.05, 4.69) is 20.6 Å². The van der Waals surface area contributed by atoms with Crippen LogP contribution in [0.15, 0.2) is 79.1 Å². The molecule has 174 valence electrons. The third-order valence-corrected chi connectivity index (χ3v) is 5.30. The molecule has 2 aromatic carbocycles. The maximum atomic E-state index is 14.6. The van der Waals surface area contributed by atoms with Crippen LogP contribution in [0.4, 0.5) is 14.6 Å². The third kappa shape index (κ3) is 5.84. The van der Waals surface area contributed by atoms with Crippen molar-refractivity contribution in [3.05, 3.63) is 113 Å². The van der Waals surface area contributed by atoms with Crippen molar-refractivity contribution in [3.63, 3.8) is 0 Å². The fourth-order valence-electron chi connectivity index (χ4n) is 3.59. The van der Waals surface area contributed by atoms with Crippen molar-refractivity contribution in [1.29, 1.82) is 5.26 Å². The summed E-state index contributed by atoms with van der Waals surface area (Å²) in [5, 5.41) is 15.4. The number of aromatic nitrogens is 2. The lowest BCUT2D eigenvalue weighted by Crippen LogP contribution is -2.25. The number of anilines is 1. The highest BCUT2D eigenvalue weighted by Gasteiger charge is 2.18. The summed E-state index contributed by atoms with van der Waals surface area (Å²) in [5.74, 6) is -1.07. The number of hydrogen-bond acceptors (Lipinski definition) is 5. The van der Waals surface area contributed by atoms with E-state index in [0.29, 0.717) is 13.0 Å². The quantitative estimate of drug-likeness (QED) is 0.384. The van der Waals surface area contributed by atoms with Gasteiger partial charge in [-0.25, -0.2) is 13.8 Å². The molecular formula is C27H21F2N5O. The van der Waals surface area contributed by atoms with Crippen LogP contribution in [0.5, 0.6) is 0 Å². The molecule has 0 unspecified atom stereocenters. The van der Waals surface area contributed by atoms with Gasteiger partial charge >= 0.3 is 0 Å². The molecular weight excluding hydrogens is 448 g/mol. The number of halogens is 2. The Bertz CT molecular complexity index is 1390. The van der Waals surface area contributed by atoms with E-state index >= 15 is 0 Å². The Hall–Kier alpha value is -4.64. The van der Waals surface area contributed by atoms with Gasteiger partial charge < -0.3 is 10.6 Å². The van der Waals surface area contributed by atoms with Crippen LogP contribution < -0.4 is 10.6 Å². The molecule has 2 heterocycles. The fraction of sp³-hybridized carbons (Fsp3) is 0.111. The van der Waals surface area contributed by atoms with Gasteiger partial charge in [0, 0.05) is 25.5 Å². The number of carbonyl (C=O) groups is 1. The molecule has 0 atom stereocenters. The summed E-state index contributed by atoms with van der Waals surface area (Å²) in [6.07, 6.45) is 3.78. The van der Waals surface area contributed by atoms with Crippen molar-refractivity contribution >= 4 is 11.7 Å². The van der Waals surface area contributed by atoms with Crippen LogP contribution in [0.25, 0.3) is 11.3 Å². The van der Waals surface area contributed by atoms with Crippen LogP contribution in [0.3, 0.4) is 0 Å². The van der Waals surface area contributed by atoms with Crippen LogP contribution >= 0.6 is 0 Å². The smallest absolute Gasteiger partial charge is 0.255 e. The minimum Gasteiger partial charge on any atom is -0.369 e. The van der Waals surface area contributed by atoms with E-state index in [4.69, 9.17) is 0 Å². The molecule has 4 aromatic rings. The zero-order chi connectivity index (χ0) is 24.6. The molecule has 0 saturated carbocycles. The molecule has 35 heavy (non-hydrogen) atoms. The van der Waals surface area contributed by atoms with Gasteiger partial charge in [0.05, 0.1) is 28.5 Å². The van der Waals surface area contributed by atoms with Gasteiger partial charge in [-0.1, -0.05) is 24.3 Å². The number of carbonyl (C=O) groups excluding carboxylic acids is 1. The number of amides is 1. The van der Waals surface area contributed by atoms with Gasteiger partial charge in [0.15, 0.2) is 0 Å². The predicted octanol–water partition coefficient (Wildman–Crippen LogP) is 4.88. The van der Waals surface area contributed by atoms with E-state index in [1.807, 2.05) is 12.1 Å². The molecule has 0 fully saturated rings. The van der Waals surface area contributed by atoms with Gasteiger partial charge in [0.2, 0.25) is 0 Å². The first-order chi connectivity index (χ1) is 17.0. The summed E-state index contributed by atoms with van der Waals surface area (Å²) in [4.78, 5) is 21.5. The minimum absolute atomic E-state index is 0.0606. The molecule has 4 rings (SSSR count). The van der Waals surface area contributed by atoms with Crippen LogP contribution in [-0.4, -0.2) is 22.4 Å². The Morgan fingerprint density at radius 2 is 1.83 bits per heavy atom. The van der Waals surface area contributed by atoms with E-state index in [1.165, 1.54) is 36.4 Å². The topological polar surface area (TPSA) is 90.7 Å². The highest BCUT2D eigenvalue weighted by Crippen LogP contribution is 2.27. The van der Waals surface area contributed by atoms with Crippen LogP contribution in [0, 0.1) is 23.0 Å². The van der Waals surface area contributed by atoms with Crippen molar-refractivity contribution in [2.24, 2.45) is 0 Å². The van der Waals surface area contributed by atoms with Crippen molar-refractivity contribution in [1.82, 2.24) is 15.3 Å². The summed E-state index contributed by atoms with van der Waals surface area (Å²) >= 11 is 0.